The Hall–Kier alpha value is -3.85. The predicted molar refractivity (Wildman–Crippen MR) is 166 cm³/mol. The first-order valence-electron chi connectivity index (χ1n) is 12.8. The van der Waals surface area contributed by atoms with E-state index in [9.17, 15) is 4.79 Å². The van der Waals surface area contributed by atoms with Crippen LogP contribution in [0, 0.1) is 5.82 Å². The summed E-state index contributed by atoms with van der Waals surface area (Å²) in [6.45, 7) is 5.60. The number of nitrogen functional groups attached to an aromatic ring is 1. The first-order valence-corrected chi connectivity index (χ1v) is 14.6. The van der Waals surface area contributed by atoms with E-state index in [4.69, 9.17) is 27.2 Å². The van der Waals surface area contributed by atoms with E-state index in [-0.39, 0.29) is 23.2 Å². The van der Waals surface area contributed by atoms with Crippen molar-refractivity contribution in [3.05, 3.63) is 87.1 Å². The largest absolute Gasteiger partial charge is 0.488 e. The van der Waals surface area contributed by atoms with Crippen LogP contribution in [0.3, 0.4) is 0 Å². The standard InChI is InChI=1S/C29H25ClFN6O2PS/c1-14(2)39-21-8-7-17(10-20(21)31)26-25-27(32)33-13-34-28(25)37(35-26)15(3)19-11-23-36(22(30)12-41-23)29(38)24(19)16-5-4-6-18(40)9-16/h4-15H,40H2,1-3H3,(H2,32,33,34)/t15-/m1/s1. The van der Waals surface area contributed by atoms with Crippen LogP contribution in [-0.4, -0.2) is 30.3 Å². The van der Waals surface area contributed by atoms with E-state index in [1.54, 1.807) is 22.2 Å². The topological polar surface area (TPSA) is 100 Å². The molecule has 0 bridgehead atoms. The van der Waals surface area contributed by atoms with Crippen molar-refractivity contribution in [3.8, 4) is 28.1 Å². The fraction of sp³-hybridized carbons (Fsp3) is 0.172. The SMILES string of the molecule is CC(C)Oc1ccc(-c2nn([C@H](C)c3cc4scc(Cl)n4c(=O)c3-c3cccc(P)c3)c3ncnc(N)c23)cc1F. The zero-order valence-electron chi connectivity index (χ0n) is 22.3. The maximum atomic E-state index is 15.0. The van der Waals surface area contributed by atoms with Gasteiger partial charge in [-0.25, -0.2) is 19.0 Å². The van der Waals surface area contributed by atoms with E-state index in [1.807, 2.05) is 51.1 Å². The lowest BCUT2D eigenvalue weighted by atomic mass is 9.97. The highest BCUT2D eigenvalue weighted by molar-refractivity contribution is 7.27. The number of halogens is 2. The van der Waals surface area contributed by atoms with Gasteiger partial charge in [-0.1, -0.05) is 29.8 Å². The van der Waals surface area contributed by atoms with Crippen LogP contribution in [0.25, 0.3) is 38.2 Å². The maximum absolute atomic E-state index is 15.0. The quantitative estimate of drug-likeness (QED) is 0.230. The van der Waals surface area contributed by atoms with Gasteiger partial charge in [0.2, 0.25) is 0 Å². The molecule has 2 atom stereocenters. The molecule has 0 aliphatic carbocycles. The number of ether oxygens (including phenoxy) is 1. The molecule has 0 spiro atoms. The zero-order valence-corrected chi connectivity index (χ0v) is 25.0. The summed E-state index contributed by atoms with van der Waals surface area (Å²) in [5.41, 5.74) is 9.43. The van der Waals surface area contributed by atoms with Gasteiger partial charge in [-0.2, -0.15) is 5.10 Å². The average molecular weight is 607 g/mol. The molecule has 8 nitrogen and oxygen atoms in total. The second-order valence-electron chi connectivity index (χ2n) is 9.88. The number of anilines is 1. The number of hydrogen-bond acceptors (Lipinski definition) is 7. The van der Waals surface area contributed by atoms with Gasteiger partial charge < -0.3 is 10.5 Å². The molecule has 1 unspecified atom stereocenters. The Morgan fingerprint density at radius 2 is 1.90 bits per heavy atom. The average Bonchev–Trinajstić information content (AvgIpc) is 3.51. The fourth-order valence-corrected chi connectivity index (χ4v) is 6.41. The molecule has 12 heteroatoms. The van der Waals surface area contributed by atoms with E-state index in [1.165, 1.54) is 28.1 Å². The number of rotatable bonds is 6. The second kappa shape index (κ2) is 10.5. The Morgan fingerprint density at radius 1 is 1.10 bits per heavy atom. The third-order valence-corrected chi connectivity index (χ3v) is 8.42. The van der Waals surface area contributed by atoms with Crippen molar-refractivity contribution in [1.82, 2.24) is 24.1 Å². The molecule has 2 N–H and O–H groups in total. The number of fused-ring (bicyclic) bond motifs is 2. The van der Waals surface area contributed by atoms with Crippen molar-refractivity contribution in [1.29, 1.82) is 0 Å². The Morgan fingerprint density at radius 3 is 2.63 bits per heavy atom. The number of hydrogen-bond donors (Lipinski definition) is 1. The van der Waals surface area contributed by atoms with Crippen LogP contribution in [-0.2, 0) is 0 Å². The smallest absolute Gasteiger partial charge is 0.265 e. The first-order chi connectivity index (χ1) is 19.6. The zero-order chi connectivity index (χ0) is 29.0. The Bertz CT molecular complexity index is 2020. The van der Waals surface area contributed by atoms with Crippen LogP contribution in [0.5, 0.6) is 5.75 Å². The highest BCUT2D eigenvalue weighted by atomic mass is 35.5. The number of pyridine rings is 1. The lowest BCUT2D eigenvalue weighted by Gasteiger charge is -2.18. The van der Waals surface area contributed by atoms with Gasteiger partial charge in [-0.15, -0.1) is 20.6 Å². The van der Waals surface area contributed by atoms with Gasteiger partial charge in [0.05, 0.1) is 23.1 Å². The van der Waals surface area contributed by atoms with Crippen LogP contribution in [0.1, 0.15) is 32.4 Å². The number of thiazole rings is 1. The maximum Gasteiger partial charge on any atom is 0.265 e. The highest BCUT2D eigenvalue weighted by Crippen LogP contribution is 2.37. The van der Waals surface area contributed by atoms with Gasteiger partial charge in [-0.05, 0) is 67.5 Å². The number of nitrogens with two attached hydrogens (primary N) is 1. The molecule has 6 aromatic rings. The van der Waals surface area contributed by atoms with Crippen LogP contribution < -0.4 is 21.3 Å². The van der Waals surface area contributed by atoms with Gasteiger partial charge in [0, 0.05) is 10.9 Å². The van der Waals surface area contributed by atoms with Gasteiger partial charge in [0.25, 0.3) is 5.56 Å². The molecule has 0 fully saturated rings. The molecule has 4 heterocycles. The monoisotopic (exact) mass is 606 g/mol. The lowest BCUT2D eigenvalue weighted by molar-refractivity contribution is 0.231. The van der Waals surface area contributed by atoms with E-state index in [0.717, 1.165) is 16.4 Å². The van der Waals surface area contributed by atoms with E-state index >= 15 is 4.39 Å². The van der Waals surface area contributed by atoms with Crippen molar-refractivity contribution in [2.45, 2.75) is 32.9 Å². The molecule has 208 valence electrons. The molecule has 0 saturated carbocycles. The van der Waals surface area contributed by atoms with Gasteiger partial charge in [0.15, 0.2) is 17.2 Å². The van der Waals surface area contributed by atoms with Crippen LogP contribution in [0.2, 0.25) is 5.15 Å². The Balaban J connectivity index is 1.59. The minimum Gasteiger partial charge on any atom is -0.488 e. The first kappa shape index (κ1) is 27.3. The summed E-state index contributed by atoms with van der Waals surface area (Å²) in [6.07, 6.45) is 1.18. The summed E-state index contributed by atoms with van der Waals surface area (Å²) in [5.74, 6) is -0.160. The fourth-order valence-electron chi connectivity index (χ4n) is 4.97. The molecule has 41 heavy (non-hydrogen) atoms. The summed E-state index contributed by atoms with van der Waals surface area (Å²) >= 11 is 7.79. The molecule has 2 aromatic carbocycles. The van der Waals surface area contributed by atoms with Crippen molar-refractivity contribution >= 4 is 59.2 Å². The van der Waals surface area contributed by atoms with Gasteiger partial charge in [-0.3, -0.25) is 9.20 Å². The summed E-state index contributed by atoms with van der Waals surface area (Å²) in [7, 11) is 2.66. The molecule has 0 radical (unpaired) electrons. The van der Waals surface area contributed by atoms with Gasteiger partial charge >= 0.3 is 0 Å². The molecule has 0 aliphatic heterocycles. The summed E-state index contributed by atoms with van der Waals surface area (Å²) in [6, 6.07) is 13.8. The molecule has 4 aromatic heterocycles. The number of benzene rings is 2. The van der Waals surface area contributed by atoms with Crippen molar-refractivity contribution in [3.63, 3.8) is 0 Å². The normalized spacial score (nSPS) is 12.5. The lowest BCUT2D eigenvalue weighted by Crippen LogP contribution is -2.21. The summed E-state index contributed by atoms with van der Waals surface area (Å²) in [5, 5.41) is 8.39. The minimum atomic E-state index is -0.518. The minimum absolute atomic E-state index is 0.148. The Labute approximate surface area is 245 Å². The highest BCUT2D eigenvalue weighted by Gasteiger charge is 2.26. The number of nitrogens with zero attached hydrogens (tertiary/aromatic N) is 5. The molecule has 0 aliphatic rings. The van der Waals surface area contributed by atoms with Crippen LogP contribution in [0.15, 0.2) is 65.0 Å². The van der Waals surface area contributed by atoms with Crippen molar-refractivity contribution < 1.29 is 9.13 Å². The summed E-state index contributed by atoms with van der Waals surface area (Å²) in [4.78, 5) is 23.3. The predicted octanol–water partition coefficient (Wildman–Crippen LogP) is 6.11. The second-order valence-corrected chi connectivity index (χ2v) is 11.8. The molecular formula is C29H25ClFN6O2PS. The third-order valence-electron chi connectivity index (χ3n) is 6.77. The van der Waals surface area contributed by atoms with Crippen LogP contribution in [0.4, 0.5) is 10.2 Å². The van der Waals surface area contributed by atoms with Crippen molar-refractivity contribution in [2.75, 3.05) is 5.73 Å². The van der Waals surface area contributed by atoms with E-state index < -0.39 is 11.9 Å². The molecular weight excluding hydrogens is 582 g/mol. The Kier molecular flexibility index (Phi) is 7.01. The molecule has 6 rings (SSSR count). The van der Waals surface area contributed by atoms with E-state index in [2.05, 4.69) is 19.2 Å². The van der Waals surface area contributed by atoms with Crippen molar-refractivity contribution in [2.24, 2.45) is 0 Å². The third kappa shape index (κ3) is 4.76. The molecule has 0 saturated heterocycles. The molecule has 0 amide bonds. The number of aromatic nitrogens is 5. The summed E-state index contributed by atoms with van der Waals surface area (Å²) < 4.78 is 23.8. The van der Waals surface area contributed by atoms with Gasteiger partial charge in [0.1, 0.15) is 27.8 Å². The van der Waals surface area contributed by atoms with Crippen LogP contribution >= 0.6 is 32.2 Å². The van der Waals surface area contributed by atoms with E-state index in [0.29, 0.717) is 37.8 Å².